The molecular weight excluding hydrogens is 294 g/mol. The van der Waals surface area contributed by atoms with Crippen LogP contribution in [0.3, 0.4) is 0 Å². The van der Waals surface area contributed by atoms with Gasteiger partial charge in [0.15, 0.2) is 6.10 Å². The number of benzene rings is 1. The Morgan fingerprint density at radius 3 is 2.86 bits per heavy atom. The number of amides is 1. The number of halogens is 1. The highest BCUT2D eigenvalue weighted by Gasteiger charge is 2.38. The molecule has 1 amide bonds. The molecule has 0 unspecified atom stereocenters. The molecule has 0 radical (unpaired) electrons. The van der Waals surface area contributed by atoms with Crippen molar-refractivity contribution in [3.63, 3.8) is 0 Å². The molecule has 1 aromatic carbocycles. The maximum absolute atomic E-state index is 12.3. The van der Waals surface area contributed by atoms with E-state index >= 15 is 0 Å². The van der Waals surface area contributed by atoms with Crippen molar-refractivity contribution in [2.75, 3.05) is 7.11 Å². The van der Waals surface area contributed by atoms with Gasteiger partial charge in [-0.25, -0.2) is 4.79 Å². The number of methoxy groups -OCH3 is 1. The molecule has 0 spiro atoms. The second kappa shape index (κ2) is 5.93. The lowest BCUT2D eigenvalue weighted by atomic mass is 9.98. The highest BCUT2D eigenvalue weighted by Crippen LogP contribution is 2.31. The molecule has 5 nitrogen and oxygen atoms in total. The van der Waals surface area contributed by atoms with Gasteiger partial charge in [-0.1, -0.05) is 18.5 Å². The van der Waals surface area contributed by atoms with Gasteiger partial charge in [0.1, 0.15) is 11.3 Å². The minimum Gasteiger partial charge on any atom is -0.480 e. The molecule has 6 heteroatoms. The smallest absolute Gasteiger partial charge is 0.331 e. The maximum Gasteiger partial charge on any atom is 0.331 e. The zero-order chi connectivity index (χ0) is 15.6. The number of carbonyl (C=O) groups excluding carboxylic acids is 2. The first kappa shape index (κ1) is 15.6. The normalized spacial score (nSPS) is 19.1. The maximum atomic E-state index is 12.3. The third-order valence-electron chi connectivity index (χ3n) is 3.73. The summed E-state index contributed by atoms with van der Waals surface area (Å²) in [7, 11) is 1.30. The van der Waals surface area contributed by atoms with Crippen molar-refractivity contribution >= 4 is 23.5 Å². The number of nitrogens with one attached hydrogen (secondary N) is 1. The average molecular weight is 312 g/mol. The Balaban J connectivity index is 2.08. The molecule has 0 aliphatic carbocycles. The Bertz CT molecular complexity index is 575. The van der Waals surface area contributed by atoms with Gasteiger partial charge in [-0.15, -0.1) is 0 Å². The Morgan fingerprint density at radius 2 is 2.24 bits per heavy atom. The van der Waals surface area contributed by atoms with Crippen molar-refractivity contribution in [2.24, 2.45) is 0 Å². The van der Waals surface area contributed by atoms with Gasteiger partial charge in [-0.3, -0.25) is 4.79 Å². The predicted molar refractivity (Wildman–Crippen MR) is 78.4 cm³/mol. The summed E-state index contributed by atoms with van der Waals surface area (Å²) >= 11 is 5.92. The molecule has 0 saturated carbocycles. The van der Waals surface area contributed by atoms with Crippen LogP contribution in [0.15, 0.2) is 18.2 Å². The lowest BCUT2D eigenvalue weighted by Crippen LogP contribution is -2.55. The molecule has 1 aliphatic rings. The van der Waals surface area contributed by atoms with Crippen molar-refractivity contribution in [1.29, 1.82) is 0 Å². The van der Waals surface area contributed by atoms with Crippen molar-refractivity contribution in [2.45, 2.75) is 38.3 Å². The van der Waals surface area contributed by atoms with Crippen LogP contribution in [0, 0.1) is 0 Å². The van der Waals surface area contributed by atoms with E-state index in [1.807, 2.05) is 0 Å². The van der Waals surface area contributed by atoms with Gasteiger partial charge in [-0.2, -0.15) is 0 Å². The van der Waals surface area contributed by atoms with Crippen molar-refractivity contribution in [3.8, 4) is 5.75 Å². The summed E-state index contributed by atoms with van der Waals surface area (Å²) in [5, 5.41) is 3.32. The molecule has 2 rings (SSSR count). The first-order valence-electron chi connectivity index (χ1n) is 6.75. The number of rotatable bonds is 4. The Labute approximate surface area is 128 Å². The second-order valence-corrected chi connectivity index (χ2v) is 5.67. The van der Waals surface area contributed by atoms with Gasteiger partial charge in [0, 0.05) is 11.4 Å². The Kier molecular flexibility index (Phi) is 4.42. The minimum absolute atomic E-state index is 0.336. The molecule has 0 bridgehead atoms. The summed E-state index contributed by atoms with van der Waals surface area (Å²) in [6.07, 6.45) is 0.202. The molecule has 1 aromatic rings. The zero-order valence-corrected chi connectivity index (χ0v) is 13.0. The summed E-state index contributed by atoms with van der Waals surface area (Å²) in [6, 6.07) is 5.24. The van der Waals surface area contributed by atoms with Crippen LogP contribution in [-0.4, -0.2) is 30.6 Å². The summed E-state index contributed by atoms with van der Waals surface area (Å²) in [4.78, 5) is 24.1. The fourth-order valence-electron chi connectivity index (χ4n) is 2.22. The molecule has 2 atom stereocenters. The van der Waals surface area contributed by atoms with Gasteiger partial charge in [0.25, 0.3) is 5.91 Å². The summed E-state index contributed by atoms with van der Waals surface area (Å²) in [6.45, 7) is 3.44. The first-order valence-corrected chi connectivity index (χ1v) is 7.13. The average Bonchev–Trinajstić information content (AvgIpc) is 2.89. The largest absolute Gasteiger partial charge is 0.480 e. The van der Waals surface area contributed by atoms with Crippen LogP contribution < -0.4 is 10.1 Å². The number of fused-ring (bicyclic) bond motifs is 1. The topological polar surface area (TPSA) is 64.6 Å². The van der Waals surface area contributed by atoms with Crippen molar-refractivity contribution in [3.05, 3.63) is 28.8 Å². The monoisotopic (exact) mass is 311 g/mol. The van der Waals surface area contributed by atoms with Crippen molar-refractivity contribution < 1.29 is 19.1 Å². The van der Waals surface area contributed by atoms with E-state index in [-0.39, 0.29) is 5.91 Å². The van der Waals surface area contributed by atoms with E-state index in [4.69, 9.17) is 21.1 Å². The van der Waals surface area contributed by atoms with E-state index in [2.05, 4.69) is 5.32 Å². The van der Waals surface area contributed by atoms with Gasteiger partial charge >= 0.3 is 5.97 Å². The molecule has 1 aliphatic heterocycles. The van der Waals surface area contributed by atoms with E-state index in [9.17, 15) is 9.59 Å². The fourth-order valence-corrected chi connectivity index (χ4v) is 2.42. The van der Waals surface area contributed by atoms with Gasteiger partial charge in [0.05, 0.1) is 7.11 Å². The third kappa shape index (κ3) is 3.13. The molecule has 114 valence electrons. The second-order valence-electron chi connectivity index (χ2n) is 5.23. The lowest BCUT2D eigenvalue weighted by Gasteiger charge is -2.27. The van der Waals surface area contributed by atoms with E-state index in [0.717, 1.165) is 5.56 Å². The third-order valence-corrected chi connectivity index (χ3v) is 3.97. The van der Waals surface area contributed by atoms with Gasteiger partial charge in [0.2, 0.25) is 0 Å². The Hall–Kier alpha value is -1.75. The number of hydrogen-bond acceptors (Lipinski definition) is 4. The molecule has 1 heterocycles. The van der Waals surface area contributed by atoms with Crippen molar-refractivity contribution in [1.82, 2.24) is 5.32 Å². The zero-order valence-electron chi connectivity index (χ0n) is 12.2. The molecule has 0 aromatic heterocycles. The van der Waals surface area contributed by atoms with Crippen LogP contribution in [0.5, 0.6) is 5.75 Å². The fraction of sp³-hybridized carbons (Fsp3) is 0.467. The lowest BCUT2D eigenvalue weighted by molar-refractivity contribution is -0.151. The van der Waals surface area contributed by atoms with E-state index in [1.165, 1.54) is 7.11 Å². The van der Waals surface area contributed by atoms with Crippen LogP contribution in [-0.2, 0) is 20.7 Å². The highest BCUT2D eigenvalue weighted by molar-refractivity contribution is 6.30. The predicted octanol–water partition coefficient (Wildman–Crippen LogP) is 2.10. The molecule has 0 fully saturated rings. The van der Waals surface area contributed by atoms with Crippen LogP contribution in [0.2, 0.25) is 5.02 Å². The number of esters is 1. The van der Waals surface area contributed by atoms with Crippen LogP contribution in [0.1, 0.15) is 25.8 Å². The van der Waals surface area contributed by atoms with Crippen LogP contribution in [0.4, 0.5) is 0 Å². The summed E-state index contributed by atoms with van der Waals surface area (Å²) in [5.74, 6) is -0.162. The standard InChI is InChI=1S/C15H18ClNO4/c1-4-15(2,14(19)20-3)17-13(18)12-8-9-7-10(16)5-6-11(9)21-12/h5-7,12H,4,8H2,1-3H3,(H,17,18)/t12-,15-/m1/s1. The van der Waals surface area contributed by atoms with Crippen LogP contribution in [0.25, 0.3) is 0 Å². The van der Waals surface area contributed by atoms with E-state index in [1.54, 1.807) is 32.0 Å². The molecule has 1 N–H and O–H groups in total. The van der Waals surface area contributed by atoms with Gasteiger partial charge < -0.3 is 14.8 Å². The van der Waals surface area contributed by atoms with E-state index in [0.29, 0.717) is 23.6 Å². The molecule has 21 heavy (non-hydrogen) atoms. The summed E-state index contributed by atoms with van der Waals surface area (Å²) in [5.41, 5.74) is -0.166. The first-order chi connectivity index (χ1) is 9.89. The van der Waals surface area contributed by atoms with Gasteiger partial charge in [-0.05, 0) is 37.1 Å². The SMILES string of the molecule is CC[C@@](C)(NC(=O)[C@H]1Cc2cc(Cl)ccc2O1)C(=O)OC. The van der Waals surface area contributed by atoms with E-state index < -0.39 is 17.6 Å². The molecular formula is C15H18ClNO4. The number of hydrogen-bond donors (Lipinski definition) is 1. The Morgan fingerprint density at radius 1 is 1.52 bits per heavy atom. The molecule has 0 saturated heterocycles. The minimum atomic E-state index is -1.05. The number of carbonyl (C=O) groups is 2. The summed E-state index contributed by atoms with van der Waals surface area (Å²) < 4.78 is 10.3. The number of ether oxygens (including phenoxy) is 2. The van der Waals surface area contributed by atoms with Crippen LogP contribution >= 0.6 is 11.6 Å². The highest BCUT2D eigenvalue weighted by atomic mass is 35.5. The quantitative estimate of drug-likeness (QED) is 0.865.